The largest absolute Gasteiger partial charge is 0.382 e. The van der Waals surface area contributed by atoms with Crippen molar-refractivity contribution >= 4 is 40.0 Å². The smallest absolute Gasteiger partial charge is 0.268 e. The van der Waals surface area contributed by atoms with Crippen molar-refractivity contribution in [2.75, 3.05) is 42.3 Å². The highest BCUT2D eigenvalue weighted by atomic mass is 32.2. The van der Waals surface area contributed by atoms with Gasteiger partial charge in [-0.2, -0.15) is 11.8 Å². The number of thiazole rings is 1. The molecule has 1 aromatic rings. The standard InChI is InChI=1S/C13H22N4OS2/c1-4-5-16(3)13-15-11(14)10(20-13)12(18)17-6-7-19-8-9(17)2/h9H,4-8,14H2,1-3H3. The van der Waals surface area contributed by atoms with Crippen molar-refractivity contribution in [3.63, 3.8) is 0 Å². The van der Waals surface area contributed by atoms with Crippen molar-refractivity contribution in [3.05, 3.63) is 4.88 Å². The molecule has 1 unspecified atom stereocenters. The van der Waals surface area contributed by atoms with E-state index in [1.54, 1.807) is 0 Å². The highest BCUT2D eigenvalue weighted by Gasteiger charge is 2.28. The summed E-state index contributed by atoms with van der Waals surface area (Å²) >= 11 is 3.30. The maximum Gasteiger partial charge on any atom is 0.268 e. The third-order valence-electron chi connectivity index (χ3n) is 3.35. The summed E-state index contributed by atoms with van der Waals surface area (Å²) in [4.78, 5) is 21.5. The van der Waals surface area contributed by atoms with Crippen LogP contribution in [0.1, 0.15) is 29.9 Å². The molecule has 7 heteroatoms. The first-order chi connectivity index (χ1) is 9.54. The first kappa shape index (κ1) is 15.4. The molecule has 0 aromatic carbocycles. The number of carbonyl (C=O) groups excluding carboxylic acids is 1. The number of nitrogens with zero attached hydrogens (tertiary/aromatic N) is 3. The first-order valence-electron chi connectivity index (χ1n) is 6.90. The van der Waals surface area contributed by atoms with Crippen LogP contribution in [0.5, 0.6) is 0 Å². The minimum Gasteiger partial charge on any atom is -0.382 e. The Morgan fingerprint density at radius 2 is 2.35 bits per heavy atom. The van der Waals surface area contributed by atoms with Crippen LogP contribution < -0.4 is 10.6 Å². The van der Waals surface area contributed by atoms with Crippen molar-refractivity contribution < 1.29 is 4.79 Å². The van der Waals surface area contributed by atoms with Gasteiger partial charge in [0.25, 0.3) is 5.91 Å². The van der Waals surface area contributed by atoms with Crippen molar-refractivity contribution in [2.45, 2.75) is 26.3 Å². The van der Waals surface area contributed by atoms with Crippen LogP contribution in [-0.4, -0.2) is 53.5 Å². The molecule has 2 rings (SSSR count). The zero-order valence-corrected chi connectivity index (χ0v) is 13.9. The molecule has 0 bridgehead atoms. The molecular formula is C13H22N4OS2. The Morgan fingerprint density at radius 3 is 3.00 bits per heavy atom. The Bertz CT molecular complexity index is 477. The lowest BCUT2D eigenvalue weighted by Gasteiger charge is -2.32. The Balaban J connectivity index is 2.17. The predicted molar refractivity (Wildman–Crippen MR) is 87.9 cm³/mol. The summed E-state index contributed by atoms with van der Waals surface area (Å²) in [6, 6.07) is 0.263. The SMILES string of the molecule is CCCN(C)c1nc(N)c(C(=O)N2CCSCC2C)s1. The highest BCUT2D eigenvalue weighted by molar-refractivity contribution is 7.99. The second kappa shape index (κ2) is 6.67. The molecule has 0 aliphatic carbocycles. The van der Waals surface area contributed by atoms with E-state index in [1.165, 1.54) is 11.3 Å². The fourth-order valence-corrected chi connectivity index (χ4v) is 4.17. The van der Waals surface area contributed by atoms with Gasteiger partial charge in [0.05, 0.1) is 0 Å². The van der Waals surface area contributed by atoms with E-state index in [-0.39, 0.29) is 11.9 Å². The molecule has 0 radical (unpaired) electrons. The molecule has 0 spiro atoms. The summed E-state index contributed by atoms with van der Waals surface area (Å²) < 4.78 is 0. The number of hydrogen-bond acceptors (Lipinski definition) is 6. The number of thioether (sulfide) groups is 1. The van der Waals surface area contributed by atoms with Gasteiger partial charge in [0.15, 0.2) is 5.13 Å². The Kier molecular flexibility index (Phi) is 5.15. The number of rotatable bonds is 4. The zero-order valence-electron chi connectivity index (χ0n) is 12.3. The van der Waals surface area contributed by atoms with Gasteiger partial charge in [-0.25, -0.2) is 4.98 Å². The van der Waals surface area contributed by atoms with Gasteiger partial charge >= 0.3 is 0 Å². The fourth-order valence-electron chi connectivity index (χ4n) is 2.23. The minimum absolute atomic E-state index is 0.0314. The molecule has 1 saturated heterocycles. The van der Waals surface area contributed by atoms with E-state index in [4.69, 9.17) is 5.73 Å². The van der Waals surface area contributed by atoms with Gasteiger partial charge < -0.3 is 15.5 Å². The third-order valence-corrected chi connectivity index (χ3v) is 5.71. The van der Waals surface area contributed by atoms with Crippen LogP contribution in [0, 0.1) is 0 Å². The second-order valence-electron chi connectivity index (χ2n) is 5.05. The fraction of sp³-hybridized carbons (Fsp3) is 0.692. The first-order valence-corrected chi connectivity index (χ1v) is 8.87. The van der Waals surface area contributed by atoms with E-state index < -0.39 is 0 Å². The minimum atomic E-state index is 0.0314. The average Bonchev–Trinajstić information content (AvgIpc) is 2.81. The summed E-state index contributed by atoms with van der Waals surface area (Å²) in [5.41, 5.74) is 5.95. The lowest BCUT2D eigenvalue weighted by molar-refractivity contribution is 0.0722. The molecule has 20 heavy (non-hydrogen) atoms. The van der Waals surface area contributed by atoms with E-state index in [1.807, 2.05) is 28.6 Å². The van der Waals surface area contributed by atoms with E-state index >= 15 is 0 Å². The highest BCUT2D eigenvalue weighted by Crippen LogP contribution is 2.30. The van der Waals surface area contributed by atoms with E-state index in [0.29, 0.717) is 10.7 Å². The number of amides is 1. The monoisotopic (exact) mass is 314 g/mol. The van der Waals surface area contributed by atoms with Gasteiger partial charge in [0.2, 0.25) is 0 Å². The number of carbonyl (C=O) groups is 1. The van der Waals surface area contributed by atoms with Crippen LogP contribution in [0.25, 0.3) is 0 Å². The normalized spacial score (nSPS) is 19.1. The van der Waals surface area contributed by atoms with Crippen LogP contribution in [0.2, 0.25) is 0 Å². The molecule has 2 heterocycles. The van der Waals surface area contributed by atoms with Crippen LogP contribution >= 0.6 is 23.1 Å². The van der Waals surface area contributed by atoms with Gasteiger partial charge in [0.1, 0.15) is 10.7 Å². The molecule has 112 valence electrons. The lowest BCUT2D eigenvalue weighted by atomic mass is 10.3. The van der Waals surface area contributed by atoms with Crippen LogP contribution in [0.15, 0.2) is 0 Å². The van der Waals surface area contributed by atoms with Gasteiger partial charge in [0, 0.05) is 37.7 Å². The maximum atomic E-state index is 12.6. The summed E-state index contributed by atoms with van der Waals surface area (Å²) in [6.45, 7) is 5.91. The number of nitrogen functional groups attached to an aromatic ring is 1. The molecule has 1 atom stereocenters. The van der Waals surface area contributed by atoms with Gasteiger partial charge in [-0.15, -0.1) is 0 Å². The maximum absolute atomic E-state index is 12.6. The van der Waals surface area contributed by atoms with Crippen LogP contribution in [0.4, 0.5) is 10.9 Å². The summed E-state index contributed by atoms with van der Waals surface area (Å²) in [6.07, 6.45) is 1.04. The van der Waals surface area contributed by atoms with E-state index in [2.05, 4.69) is 18.8 Å². The van der Waals surface area contributed by atoms with Crippen molar-refractivity contribution in [1.29, 1.82) is 0 Å². The Morgan fingerprint density at radius 1 is 1.60 bits per heavy atom. The zero-order chi connectivity index (χ0) is 14.7. The second-order valence-corrected chi connectivity index (χ2v) is 7.18. The number of nitrogens with two attached hydrogens (primary N) is 1. The van der Waals surface area contributed by atoms with E-state index in [0.717, 1.165) is 36.1 Å². The number of hydrogen-bond donors (Lipinski definition) is 1. The molecule has 1 fully saturated rings. The predicted octanol–water partition coefficient (Wildman–Crippen LogP) is 2.15. The average molecular weight is 314 g/mol. The summed E-state index contributed by atoms with van der Waals surface area (Å²) in [5.74, 6) is 2.39. The molecule has 1 amide bonds. The Labute approximate surface area is 128 Å². The van der Waals surface area contributed by atoms with Gasteiger partial charge in [-0.1, -0.05) is 18.3 Å². The summed E-state index contributed by atoms with van der Waals surface area (Å²) in [7, 11) is 1.98. The summed E-state index contributed by atoms with van der Waals surface area (Å²) in [5, 5.41) is 0.826. The lowest BCUT2D eigenvalue weighted by Crippen LogP contribution is -2.44. The topological polar surface area (TPSA) is 62.5 Å². The molecule has 1 aromatic heterocycles. The number of aromatic nitrogens is 1. The molecule has 5 nitrogen and oxygen atoms in total. The quantitative estimate of drug-likeness (QED) is 0.922. The van der Waals surface area contributed by atoms with E-state index in [9.17, 15) is 4.79 Å². The van der Waals surface area contributed by atoms with Crippen LogP contribution in [-0.2, 0) is 0 Å². The molecule has 1 aliphatic heterocycles. The van der Waals surface area contributed by atoms with Gasteiger partial charge in [-0.3, -0.25) is 4.79 Å². The van der Waals surface area contributed by atoms with Gasteiger partial charge in [-0.05, 0) is 13.3 Å². The van der Waals surface area contributed by atoms with Crippen molar-refractivity contribution in [1.82, 2.24) is 9.88 Å². The van der Waals surface area contributed by atoms with Crippen LogP contribution in [0.3, 0.4) is 0 Å². The number of anilines is 2. The third kappa shape index (κ3) is 3.20. The van der Waals surface area contributed by atoms with Crippen molar-refractivity contribution in [2.24, 2.45) is 0 Å². The molecule has 2 N–H and O–H groups in total. The molecule has 1 aliphatic rings. The Hall–Kier alpha value is -0.950. The molecule has 0 saturated carbocycles. The van der Waals surface area contributed by atoms with Crippen molar-refractivity contribution in [3.8, 4) is 0 Å². The molecular weight excluding hydrogens is 292 g/mol.